The van der Waals surface area contributed by atoms with Crippen LogP contribution in [0.3, 0.4) is 0 Å². The molecule has 3 heteroatoms. The monoisotopic (exact) mass is 745 g/mol. The summed E-state index contributed by atoms with van der Waals surface area (Å²) in [6.07, 6.45) is 6.56. The molecule has 0 bridgehead atoms. The zero-order valence-electron chi connectivity index (χ0n) is 32.3. The second-order valence-corrected chi connectivity index (χ2v) is 16.4. The van der Waals surface area contributed by atoms with Crippen molar-refractivity contribution in [2.45, 2.75) is 31.3 Å². The number of anilines is 2. The van der Waals surface area contributed by atoms with E-state index >= 15 is 0 Å². The standard InChI is InChI=1S/C55H39NO2/c1-55(2)46-25-13-11-20-38(46)39-29-28-37(32-47(39)55)56(48-26-15-24-43-41-22-12-14-27-50(41)57-54(43)48)49-33-45-52-44(35-18-7-4-8-19-35)30-36(34-16-5-3-6-17-34)31-51(52)58-53(45)42-23-10-9-21-40(42)49/h3-33,43,54H,1-2H3. The van der Waals surface area contributed by atoms with Gasteiger partial charge in [-0.2, -0.15) is 0 Å². The van der Waals surface area contributed by atoms with Gasteiger partial charge in [-0.05, 0) is 87.0 Å². The van der Waals surface area contributed by atoms with Crippen LogP contribution < -0.4 is 9.64 Å². The Morgan fingerprint density at radius 3 is 2.10 bits per heavy atom. The highest BCUT2D eigenvalue weighted by molar-refractivity contribution is 6.23. The molecule has 8 aromatic carbocycles. The molecular weight excluding hydrogens is 707 g/mol. The maximum absolute atomic E-state index is 7.04. The van der Waals surface area contributed by atoms with E-state index in [1.807, 2.05) is 0 Å². The number of fused-ring (bicyclic) bond motifs is 11. The summed E-state index contributed by atoms with van der Waals surface area (Å²) in [4.78, 5) is 2.48. The van der Waals surface area contributed by atoms with Crippen molar-refractivity contribution < 1.29 is 9.15 Å². The molecule has 3 nitrogen and oxygen atoms in total. The minimum Gasteiger partial charge on any atom is -0.483 e. The summed E-state index contributed by atoms with van der Waals surface area (Å²) in [5.41, 5.74) is 16.0. The van der Waals surface area contributed by atoms with Crippen molar-refractivity contribution >= 4 is 44.1 Å². The molecule has 0 saturated carbocycles. The Balaban J connectivity index is 1.15. The number of allylic oxidation sites excluding steroid dienone is 2. The van der Waals surface area contributed by atoms with E-state index in [0.29, 0.717) is 0 Å². The summed E-state index contributed by atoms with van der Waals surface area (Å²) < 4.78 is 14.0. The van der Waals surface area contributed by atoms with Gasteiger partial charge in [-0.15, -0.1) is 0 Å². The van der Waals surface area contributed by atoms with Gasteiger partial charge in [0, 0.05) is 44.1 Å². The molecule has 2 atom stereocenters. The molecule has 0 N–H and O–H groups in total. The molecule has 0 saturated heterocycles. The van der Waals surface area contributed by atoms with Gasteiger partial charge in [0.15, 0.2) is 0 Å². The lowest BCUT2D eigenvalue weighted by Gasteiger charge is -2.35. The third-order valence-corrected chi connectivity index (χ3v) is 12.8. The van der Waals surface area contributed by atoms with Gasteiger partial charge >= 0.3 is 0 Å². The van der Waals surface area contributed by atoms with Gasteiger partial charge in [0.05, 0.1) is 11.4 Å². The number of hydrogen-bond donors (Lipinski definition) is 0. The number of benzene rings is 8. The van der Waals surface area contributed by atoms with Crippen LogP contribution in [-0.4, -0.2) is 6.10 Å². The topological polar surface area (TPSA) is 25.6 Å². The fourth-order valence-electron chi connectivity index (χ4n) is 10.1. The molecule has 2 aliphatic carbocycles. The van der Waals surface area contributed by atoms with Gasteiger partial charge < -0.3 is 14.1 Å². The zero-order chi connectivity index (χ0) is 38.5. The lowest BCUT2D eigenvalue weighted by atomic mass is 9.82. The quantitative estimate of drug-likeness (QED) is 0.175. The van der Waals surface area contributed by atoms with Crippen molar-refractivity contribution in [1.82, 2.24) is 0 Å². The number of furan rings is 1. The van der Waals surface area contributed by atoms with E-state index in [1.54, 1.807) is 0 Å². The molecule has 0 amide bonds. The van der Waals surface area contributed by atoms with Crippen LogP contribution >= 0.6 is 0 Å². The van der Waals surface area contributed by atoms with E-state index in [2.05, 4.69) is 207 Å². The van der Waals surface area contributed by atoms with Crippen LogP contribution in [0.15, 0.2) is 198 Å². The molecule has 2 unspecified atom stereocenters. The predicted octanol–water partition coefficient (Wildman–Crippen LogP) is 14.5. The molecule has 9 aromatic rings. The molecule has 1 aromatic heterocycles. The Morgan fingerprint density at radius 2 is 1.26 bits per heavy atom. The van der Waals surface area contributed by atoms with E-state index in [0.717, 1.165) is 77.8 Å². The maximum atomic E-state index is 7.04. The van der Waals surface area contributed by atoms with Gasteiger partial charge in [0.1, 0.15) is 23.0 Å². The molecule has 1 aliphatic heterocycles. The van der Waals surface area contributed by atoms with Crippen LogP contribution in [0.25, 0.3) is 66.1 Å². The molecule has 0 fully saturated rings. The van der Waals surface area contributed by atoms with Crippen molar-refractivity contribution in [2.24, 2.45) is 0 Å². The zero-order valence-corrected chi connectivity index (χ0v) is 32.3. The SMILES string of the molecule is CC1(C)c2ccccc2-c2ccc(N(C3=CC=CC4c5ccccc5OC34)c3cc4c(oc5cc(-c6ccccc6)cc(-c6ccccc6)c54)c4ccccc34)cc21. The van der Waals surface area contributed by atoms with E-state index in [4.69, 9.17) is 9.15 Å². The van der Waals surface area contributed by atoms with Gasteiger partial charge in [-0.25, -0.2) is 0 Å². The van der Waals surface area contributed by atoms with Gasteiger partial charge in [-0.1, -0.05) is 159 Å². The summed E-state index contributed by atoms with van der Waals surface area (Å²) in [5.74, 6) is 1.04. The van der Waals surface area contributed by atoms with E-state index < -0.39 is 0 Å². The average molecular weight is 746 g/mol. The molecule has 276 valence electrons. The first-order valence-electron chi connectivity index (χ1n) is 20.2. The van der Waals surface area contributed by atoms with Crippen LogP contribution in [-0.2, 0) is 5.41 Å². The highest BCUT2D eigenvalue weighted by Crippen LogP contribution is 2.53. The second kappa shape index (κ2) is 12.4. The van der Waals surface area contributed by atoms with Gasteiger partial charge in [0.25, 0.3) is 0 Å². The Kier molecular flexibility index (Phi) is 7.10. The summed E-state index contributed by atoms with van der Waals surface area (Å²) in [7, 11) is 0. The summed E-state index contributed by atoms with van der Waals surface area (Å²) in [6.45, 7) is 4.71. The smallest absolute Gasteiger partial charge is 0.149 e. The largest absolute Gasteiger partial charge is 0.483 e. The lowest BCUT2D eigenvalue weighted by Crippen LogP contribution is -2.33. The predicted molar refractivity (Wildman–Crippen MR) is 239 cm³/mol. The highest BCUT2D eigenvalue weighted by Gasteiger charge is 2.41. The molecule has 58 heavy (non-hydrogen) atoms. The highest BCUT2D eigenvalue weighted by atomic mass is 16.5. The maximum Gasteiger partial charge on any atom is 0.149 e. The summed E-state index contributed by atoms with van der Waals surface area (Å²) in [5, 5.41) is 4.38. The van der Waals surface area contributed by atoms with Crippen LogP contribution in [0.2, 0.25) is 0 Å². The fourth-order valence-corrected chi connectivity index (χ4v) is 10.1. The van der Waals surface area contributed by atoms with Crippen molar-refractivity contribution in [3.05, 3.63) is 210 Å². The second-order valence-electron chi connectivity index (χ2n) is 16.4. The minimum absolute atomic E-state index is 0.0969. The summed E-state index contributed by atoms with van der Waals surface area (Å²) in [6, 6.07) is 61.4. The van der Waals surface area contributed by atoms with E-state index in [-0.39, 0.29) is 17.4 Å². The normalized spacial score (nSPS) is 17.1. The van der Waals surface area contributed by atoms with Crippen molar-refractivity contribution in [1.29, 1.82) is 0 Å². The number of rotatable bonds is 5. The van der Waals surface area contributed by atoms with E-state index in [1.165, 1.54) is 27.8 Å². The molecular formula is C55H39NO2. The number of hydrogen-bond acceptors (Lipinski definition) is 3. The lowest BCUT2D eigenvalue weighted by molar-refractivity contribution is 0.253. The Bertz CT molecular complexity index is 3190. The van der Waals surface area contributed by atoms with Crippen LogP contribution in [0, 0.1) is 0 Å². The van der Waals surface area contributed by atoms with E-state index in [9.17, 15) is 0 Å². The number of para-hydroxylation sites is 1. The Labute approximate surface area is 337 Å². The first-order chi connectivity index (χ1) is 28.5. The Hall–Kier alpha value is -7.10. The minimum atomic E-state index is -0.204. The third kappa shape index (κ3) is 4.80. The first kappa shape index (κ1) is 33.1. The first-order valence-corrected chi connectivity index (χ1v) is 20.2. The van der Waals surface area contributed by atoms with Crippen molar-refractivity contribution in [3.63, 3.8) is 0 Å². The average Bonchev–Trinajstić information content (AvgIpc) is 3.92. The number of nitrogens with zero attached hydrogens (tertiary/aromatic N) is 1. The van der Waals surface area contributed by atoms with Crippen LogP contribution in [0.5, 0.6) is 5.75 Å². The summed E-state index contributed by atoms with van der Waals surface area (Å²) >= 11 is 0. The molecule has 2 heterocycles. The molecule has 0 radical (unpaired) electrons. The van der Waals surface area contributed by atoms with Crippen LogP contribution in [0.4, 0.5) is 11.4 Å². The molecule has 0 spiro atoms. The molecule has 3 aliphatic rings. The molecule has 12 rings (SSSR count). The van der Waals surface area contributed by atoms with Crippen molar-refractivity contribution in [2.75, 3.05) is 4.90 Å². The van der Waals surface area contributed by atoms with Gasteiger partial charge in [-0.3, -0.25) is 0 Å². The number of ether oxygens (including phenoxy) is 1. The fraction of sp³-hybridized carbons (Fsp3) is 0.0909. The Morgan fingerprint density at radius 1 is 0.552 bits per heavy atom. The van der Waals surface area contributed by atoms with Crippen molar-refractivity contribution in [3.8, 4) is 39.1 Å². The van der Waals surface area contributed by atoms with Gasteiger partial charge in [0.2, 0.25) is 0 Å². The third-order valence-electron chi connectivity index (χ3n) is 12.8. The van der Waals surface area contributed by atoms with Crippen LogP contribution in [0.1, 0.15) is 36.5 Å².